The molecule has 8 heteroatoms. The molecule has 160 valence electrons. The average molecular weight is 472 g/mol. The van der Waals surface area contributed by atoms with Gasteiger partial charge < -0.3 is 9.84 Å². The summed E-state index contributed by atoms with van der Waals surface area (Å²) in [5.74, 6) is 1.31. The molecule has 5 nitrogen and oxygen atoms in total. The maximum absolute atomic E-state index is 10.4. The number of aromatic nitrogens is 3. The Labute approximate surface area is 194 Å². The van der Waals surface area contributed by atoms with Crippen molar-refractivity contribution in [3.05, 3.63) is 88.3 Å². The third-order valence-corrected chi connectivity index (χ3v) is 6.77. The molecule has 0 aliphatic rings. The van der Waals surface area contributed by atoms with Crippen LogP contribution < -0.4 is 0 Å². The van der Waals surface area contributed by atoms with Crippen LogP contribution in [0.2, 0.25) is 5.02 Å². The van der Waals surface area contributed by atoms with Gasteiger partial charge in [0.25, 0.3) is 0 Å². The summed E-state index contributed by atoms with van der Waals surface area (Å²) in [6.45, 7) is 1.36. The number of ether oxygens (including phenoxy) is 1. The minimum atomic E-state index is -0.607. The number of aliphatic hydroxyl groups excluding tert-OH is 1. The molecule has 0 radical (unpaired) electrons. The lowest BCUT2D eigenvalue weighted by Gasteiger charge is -2.13. The largest absolute Gasteiger partial charge is 0.390 e. The van der Waals surface area contributed by atoms with E-state index in [1.54, 1.807) is 11.3 Å². The van der Waals surface area contributed by atoms with Gasteiger partial charge in [-0.05, 0) is 34.7 Å². The Balaban J connectivity index is 1.37. The zero-order chi connectivity index (χ0) is 21.5. The summed E-state index contributed by atoms with van der Waals surface area (Å²) in [5.41, 5.74) is 2.20. The zero-order valence-electron chi connectivity index (χ0n) is 16.7. The van der Waals surface area contributed by atoms with E-state index < -0.39 is 6.10 Å². The van der Waals surface area contributed by atoms with Crippen LogP contribution in [0, 0.1) is 0 Å². The van der Waals surface area contributed by atoms with E-state index >= 15 is 0 Å². The van der Waals surface area contributed by atoms with Crippen molar-refractivity contribution in [2.24, 2.45) is 0 Å². The Kier molecular flexibility index (Phi) is 7.77. The van der Waals surface area contributed by atoms with Gasteiger partial charge in [0, 0.05) is 10.8 Å². The van der Waals surface area contributed by atoms with E-state index in [1.165, 1.54) is 17.3 Å². The minimum Gasteiger partial charge on any atom is -0.390 e. The van der Waals surface area contributed by atoms with Gasteiger partial charge >= 0.3 is 0 Å². The molecule has 0 saturated heterocycles. The first kappa shape index (κ1) is 22.0. The first-order valence-electron chi connectivity index (χ1n) is 9.83. The molecule has 0 aliphatic heterocycles. The van der Waals surface area contributed by atoms with E-state index in [9.17, 15) is 5.11 Å². The molecule has 2 heterocycles. The highest BCUT2D eigenvalue weighted by Crippen LogP contribution is 2.28. The van der Waals surface area contributed by atoms with Crippen molar-refractivity contribution in [2.45, 2.75) is 24.4 Å². The number of rotatable bonds is 10. The molecule has 4 aromatic rings. The fourth-order valence-corrected chi connectivity index (χ4v) is 4.69. The normalized spacial score (nSPS) is 12.2. The Morgan fingerprint density at radius 2 is 1.81 bits per heavy atom. The fraction of sp³-hybridized carbons (Fsp3) is 0.217. The molecule has 0 aliphatic carbocycles. The highest BCUT2D eigenvalue weighted by molar-refractivity contribution is 7.99. The smallest absolute Gasteiger partial charge is 0.191 e. The first-order valence-corrected chi connectivity index (χ1v) is 12.1. The second kappa shape index (κ2) is 10.9. The van der Waals surface area contributed by atoms with E-state index in [2.05, 4.69) is 26.9 Å². The quantitative estimate of drug-likeness (QED) is 0.315. The van der Waals surface area contributed by atoms with Crippen molar-refractivity contribution in [1.29, 1.82) is 0 Å². The molecule has 1 atom stereocenters. The average Bonchev–Trinajstić information content (AvgIpc) is 3.44. The van der Waals surface area contributed by atoms with E-state index in [0.717, 1.165) is 21.4 Å². The number of nitrogens with zero attached hydrogens (tertiary/aromatic N) is 3. The molecule has 0 bridgehead atoms. The van der Waals surface area contributed by atoms with Gasteiger partial charge in [0.2, 0.25) is 0 Å². The first-order chi connectivity index (χ1) is 15.2. The van der Waals surface area contributed by atoms with E-state index in [-0.39, 0.29) is 6.61 Å². The summed E-state index contributed by atoms with van der Waals surface area (Å²) in [6.07, 6.45) is -0.607. The molecule has 2 aromatic carbocycles. The minimum absolute atomic E-state index is 0.250. The Bertz CT molecular complexity index is 1070. The van der Waals surface area contributed by atoms with Crippen LogP contribution in [0.5, 0.6) is 0 Å². The molecular formula is C23H22ClN3O2S2. The van der Waals surface area contributed by atoms with Gasteiger partial charge in [0.1, 0.15) is 0 Å². The Morgan fingerprint density at radius 3 is 2.55 bits per heavy atom. The van der Waals surface area contributed by atoms with Crippen LogP contribution in [0.1, 0.15) is 11.1 Å². The van der Waals surface area contributed by atoms with Crippen LogP contribution in [-0.4, -0.2) is 38.3 Å². The van der Waals surface area contributed by atoms with Crippen LogP contribution in [0.25, 0.3) is 10.7 Å². The van der Waals surface area contributed by atoms with Crippen molar-refractivity contribution >= 4 is 34.7 Å². The summed E-state index contributed by atoms with van der Waals surface area (Å²) >= 11 is 9.02. The van der Waals surface area contributed by atoms with E-state index in [0.29, 0.717) is 23.9 Å². The summed E-state index contributed by atoms with van der Waals surface area (Å²) in [4.78, 5) is 1.07. The number of hydrogen-bond donors (Lipinski definition) is 1. The van der Waals surface area contributed by atoms with Crippen LogP contribution >= 0.6 is 34.7 Å². The molecule has 2 aromatic heterocycles. The molecule has 4 rings (SSSR count). The van der Waals surface area contributed by atoms with Crippen molar-refractivity contribution in [3.8, 4) is 10.7 Å². The second-order valence-corrected chi connectivity index (χ2v) is 9.33. The molecule has 0 spiro atoms. The number of halogens is 1. The predicted molar refractivity (Wildman–Crippen MR) is 127 cm³/mol. The number of benzene rings is 2. The lowest BCUT2D eigenvalue weighted by molar-refractivity contribution is 0.0397. The zero-order valence-corrected chi connectivity index (χ0v) is 19.1. The highest BCUT2D eigenvalue weighted by Gasteiger charge is 2.17. The maximum Gasteiger partial charge on any atom is 0.191 e. The number of hydrogen-bond acceptors (Lipinski definition) is 6. The fourth-order valence-electron chi connectivity index (χ4n) is 3.00. The topological polar surface area (TPSA) is 60.2 Å². The third kappa shape index (κ3) is 6.18. The van der Waals surface area contributed by atoms with Crippen molar-refractivity contribution < 1.29 is 9.84 Å². The molecule has 0 amide bonds. The maximum atomic E-state index is 10.4. The van der Waals surface area contributed by atoms with Gasteiger partial charge in [-0.2, -0.15) is 0 Å². The van der Waals surface area contributed by atoms with Gasteiger partial charge in [-0.3, -0.25) is 4.57 Å². The van der Waals surface area contributed by atoms with Gasteiger partial charge in [-0.1, -0.05) is 71.9 Å². The summed E-state index contributed by atoms with van der Waals surface area (Å²) in [5, 5.41) is 22.7. The second-order valence-electron chi connectivity index (χ2n) is 6.96. The van der Waals surface area contributed by atoms with Crippen molar-refractivity contribution in [3.63, 3.8) is 0 Å². The molecule has 0 saturated carbocycles. The van der Waals surface area contributed by atoms with Gasteiger partial charge in [-0.25, -0.2) is 0 Å². The lowest BCUT2D eigenvalue weighted by Crippen LogP contribution is -2.18. The number of thiophene rings is 1. The number of aliphatic hydroxyl groups is 1. The van der Waals surface area contributed by atoms with Gasteiger partial charge in [0.05, 0.1) is 30.7 Å². The van der Waals surface area contributed by atoms with E-state index in [1.807, 2.05) is 60.0 Å². The molecular weight excluding hydrogens is 450 g/mol. The third-order valence-electron chi connectivity index (χ3n) is 4.54. The van der Waals surface area contributed by atoms with Crippen LogP contribution in [0.15, 0.2) is 77.3 Å². The predicted octanol–water partition coefficient (Wildman–Crippen LogP) is 5.38. The standard InChI is InChI=1S/C23H22ClN3O2S2/c24-19-10-8-18(9-11-19)14-29-15-20(28)16-31-23-26-25-22(21-7-4-12-30-21)27(23)13-17-5-2-1-3-6-17/h1-12,20,28H,13-16H2/t20-/m1/s1. The van der Waals surface area contributed by atoms with Crippen LogP contribution in [-0.2, 0) is 17.9 Å². The highest BCUT2D eigenvalue weighted by atomic mass is 35.5. The summed E-state index contributed by atoms with van der Waals surface area (Å²) in [7, 11) is 0. The van der Waals surface area contributed by atoms with Gasteiger partial charge in [-0.15, -0.1) is 21.5 Å². The summed E-state index contributed by atoms with van der Waals surface area (Å²) in [6, 6.07) is 21.8. The van der Waals surface area contributed by atoms with Gasteiger partial charge in [0.15, 0.2) is 11.0 Å². The monoisotopic (exact) mass is 471 g/mol. The Hall–Kier alpha value is -2.16. The summed E-state index contributed by atoms with van der Waals surface area (Å²) < 4.78 is 7.76. The van der Waals surface area contributed by atoms with E-state index in [4.69, 9.17) is 16.3 Å². The lowest BCUT2D eigenvalue weighted by atomic mass is 10.2. The van der Waals surface area contributed by atoms with Crippen molar-refractivity contribution in [2.75, 3.05) is 12.4 Å². The van der Waals surface area contributed by atoms with Crippen LogP contribution in [0.4, 0.5) is 0 Å². The van der Waals surface area contributed by atoms with Crippen LogP contribution in [0.3, 0.4) is 0 Å². The SMILES string of the molecule is O[C@H](COCc1ccc(Cl)cc1)CSc1nnc(-c2cccs2)n1Cc1ccccc1. The Morgan fingerprint density at radius 1 is 1.00 bits per heavy atom. The molecule has 0 fully saturated rings. The number of thioether (sulfide) groups is 1. The molecule has 31 heavy (non-hydrogen) atoms. The molecule has 0 unspecified atom stereocenters. The van der Waals surface area contributed by atoms with Crippen molar-refractivity contribution in [1.82, 2.24) is 14.8 Å². The molecule has 1 N–H and O–H groups in total.